The molecule has 0 fully saturated rings. The van der Waals surface area contributed by atoms with Gasteiger partial charge in [0.2, 0.25) is 0 Å². The average molecular weight is 1420 g/mol. The smallest absolute Gasteiger partial charge is 0.462 e. The van der Waals surface area contributed by atoms with Crippen LogP contribution in [-0.2, 0) is 65.4 Å². The Hall–Kier alpha value is -1.94. The van der Waals surface area contributed by atoms with E-state index < -0.39 is 97.5 Å². The molecule has 0 radical (unpaired) electrons. The summed E-state index contributed by atoms with van der Waals surface area (Å²) in [6.07, 6.45) is 52.9. The van der Waals surface area contributed by atoms with Crippen molar-refractivity contribution < 1.29 is 80.2 Å². The number of phosphoric ester groups is 2. The molecule has 0 saturated carbocycles. The summed E-state index contributed by atoms with van der Waals surface area (Å²) in [5.41, 5.74) is 0. The molecule has 576 valence electrons. The number of aliphatic hydroxyl groups excluding tert-OH is 1. The summed E-state index contributed by atoms with van der Waals surface area (Å²) in [6.45, 7) is 14.2. The molecule has 3 N–H and O–H groups in total. The molecule has 0 aromatic carbocycles. The van der Waals surface area contributed by atoms with Crippen LogP contribution in [0.3, 0.4) is 0 Å². The van der Waals surface area contributed by atoms with E-state index in [4.69, 9.17) is 37.0 Å². The number of carbonyl (C=O) groups is 4. The van der Waals surface area contributed by atoms with Gasteiger partial charge in [0.25, 0.3) is 0 Å². The number of unbranched alkanes of at least 4 members (excludes halogenated alkanes) is 40. The largest absolute Gasteiger partial charge is 0.472 e. The van der Waals surface area contributed by atoms with Crippen LogP contribution in [0.5, 0.6) is 0 Å². The lowest BCUT2D eigenvalue weighted by atomic mass is 10.00. The van der Waals surface area contributed by atoms with E-state index in [0.717, 1.165) is 120 Å². The Labute approximate surface area is 594 Å². The fourth-order valence-electron chi connectivity index (χ4n) is 11.9. The van der Waals surface area contributed by atoms with E-state index in [1.54, 1.807) is 0 Å². The quantitative estimate of drug-likeness (QED) is 0.0222. The molecular weight excluding hydrogens is 1270 g/mol. The molecule has 17 nitrogen and oxygen atoms in total. The van der Waals surface area contributed by atoms with Gasteiger partial charge >= 0.3 is 39.5 Å². The summed E-state index contributed by atoms with van der Waals surface area (Å²) in [5, 5.41) is 10.6. The van der Waals surface area contributed by atoms with Gasteiger partial charge in [-0.25, -0.2) is 9.13 Å². The lowest BCUT2D eigenvalue weighted by molar-refractivity contribution is -0.161. The Morgan fingerprint density at radius 2 is 0.495 bits per heavy atom. The van der Waals surface area contributed by atoms with Crippen molar-refractivity contribution in [2.24, 2.45) is 23.7 Å². The number of carbonyl (C=O) groups excluding carboxylic acids is 4. The Balaban J connectivity index is 5.20. The number of rotatable bonds is 75. The molecule has 0 aromatic heterocycles. The normalized spacial score (nSPS) is 14.4. The molecule has 0 amide bonds. The number of esters is 4. The third-order valence-electron chi connectivity index (χ3n) is 18.4. The topological polar surface area (TPSA) is 237 Å². The molecule has 0 aliphatic carbocycles. The van der Waals surface area contributed by atoms with Gasteiger partial charge in [-0.05, 0) is 49.4 Å². The van der Waals surface area contributed by atoms with Crippen molar-refractivity contribution in [3.8, 4) is 0 Å². The number of hydrogen-bond donors (Lipinski definition) is 3. The van der Waals surface area contributed by atoms with Crippen LogP contribution in [0.15, 0.2) is 0 Å². The van der Waals surface area contributed by atoms with Crippen molar-refractivity contribution in [1.82, 2.24) is 0 Å². The number of phosphoric acid groups is 2. The molecule has 6 atom stereocenters. The van der Waals surface area contributed by atoms with Crippen molar-refractivity contribution in [2.45, 2.75) is 414 Å². The predicted octanol–water partition coefficient (Wildman–Crippen LogP) is 22.8. The predicted molar refractivity (Wildman–Crippen MR) is 395 cm³/mol. The van der Waals surface area contributed by atoms with Crippen molar-refractivity contribution in [3.63, 3.8) is 0 Å². The Morgan fingerprint density at radius 1 is 0.289 bits per heavy atom. The third kappa shape index (κ3) is 70.9. The number of hydrogen-bond acceptors (Lipinski definition) is 15. The minimum Gasteiger partial charge on any atom is -0.462 e. The Kier molecular flexibility index (Phi) is 65.9. The minimum atomic E-state index is -4.96. The first-order valence-electron chi connectivity index (χ1n) is 40.2. The van der Waals surface area contributed by atoms with Crippen LogP contribution >= 0.6 is 15.6 Å². The Morgan fingerprint density at radius 3 is 0.732 bits per heavy atom. The maximum Gasteiger partial charge on any atom is 0.472 e. The lowest BCUT2D eigenvalue weighted by Crippen LogP contribution is -2.30. The second-order valence-electron chi connectivity index (χ2n) is 29.8. The van der Waals surface area contributed by atoms with Crippen LogP contribution in [0.1, 0.15) is 396 Å². The molecule has 3 unspecified atom stereocenters. The zero-order valence-corrected chi connectivity index (χ0v) is 65.5. The van der Waals surface area contributed by atoms with Gasteiger partial charge in [0.05, 0.1) is 26.4 Å². The van der Waals surface area contributed by atoms with Gasteiger partial charge in [-0.2, -0.15) is 0 Å². The van der Waals surface area contributed by atoms with Crippen LogP contribution in [0.2, 0.25) is 0 Å². The van der Waals surface area contributed by atoms with Gasteiger partial charge < -0.3 is 33.8 Å². The molecular formula is C78H152O17P2. The van der Waals surface area contributed by atoms with Crippen LogP contribution in [0, 0.1) is 23.7 Å². The summed E-state index contributed by atoms with van der Waals surface area (Å²) in [7, 11) is -9.91. The highest BCUT2D eigenvalue weighted by molar-refractivity contribution is 7.47. The summed E-state index contributed by atoms with van der Waals surface area (Å²) in [5.74, 6) is 0.927. The second kappa shape index (κ2) is 67.2. The third-order valence-corrected chi connectivity index (χ3v) is 20.3. The molecule has 0 rings (SSSR count). The summed E-state index contributed by atoms with van der Waals surface area (Å²) >= 11 is 0. The molecule has 0 spiro atoms. The van der Waals surface area contributed by atoms with E-state index in [2.05, 4.69) is 55.4 Å². The molecule has 97 heavy (non-hydrogen) atoms. The van der Waals surface area contributed by atoms with E-state index >= 15 is 0 Å². The van der Waals surface area contributed by atoms with Crippen molar-refractivity contribution in [1.29, 1.82) is 0 Å². The first kappa shape index (κ1) is 95.1. The van der Waals surface area contributed by atoms with Gasteiger partial charge in [0.15, 0.2) is 12.2 Å². The highest BCUT2D eigenvalue weighted by Gasteiger charge is 2.30. The molecule has 0 heterocycles. The van der Waals surface area contributed by atoms with Crippen LogP contribution < -0.4 is 0 Å². The second-order valence-corrected chi connectivity index (χ2v) is 32.7. The van der Waals surface area contributed by atoms with Gasteiger partial charge in [-0.15, -0.1) is 0 Å². The standard InChI is InChI=1S/C78H152O17P2/c1-9-71(8)57-49-41-36-37-43-51-59-76(81)89-65-74(95-78(83)61-53-45-35-29-28-32-40-48-56-70(6)7)67-93-97(86,87)91-63-72(79)62-90-96(84,85)92-66-73(94-77(82)60-52-44-34-27-23-19-18-21-25-31-39-47-55-69(4)5)64-88-75(80)58-50-42-33-26-22-17-15-13-11-10-12-14-16-20-24-30-38-46-54-68(2)3/h68-74,79H,9-67H2,1-8H3,(H,84,85)(H,86,87)/t71?,72-,73-,74-/m1/s1. The van der Waals surface area contributed by atoms with E-state index in [1.807, 2.05) is 0 Å². The molecule has 0 aliphatic rings. The van der Waals surface area contributed by atoms with Gasteiger partial charge in [0, 0.05) is 25.7 Å². The molecule has 0 aliphatic heterocycles. The maximum atomic E-state index is 13.1. The number of aliphatic hydroxyl groups is 1. The monoisotopic (exact) mass is 1420 g/mol. The van der Waals surface area contributed by atoms with E-state index in [9.17, 15) is 43.2 Å². The van der Waals surface area contributed by atoms with Gasteiger partial charge in [-0.1, -0.05) is 344 Å². The van der Waals surface area contributed by atoms with Gasteiger partial charge in [-0.3, -0.25) is 37.3 Å². The van der Waals surface area contributed by atoms with Crippen LogP contribution in [0.25, 0.3) is 0 Å². The van der Waals surface area contributed by atoms with E-state index in [0.29, 0.717) is 25.7 Å². The fourth-order valence-corrected chi connectivity index (χ4v) is 13.5. The minimum absolute atomic E-state index is 0.103. The molecule has 0 bridgehead atoms. The van der Waals surface area contributed by atoms with E-state index in [1.165, 1.54) is 193 Å². The molecule has 19 heteroatoms. The van der Waals surface area contributed by atoms with Crippen molar-refractivity contribution in [2.75, 3.05) is 39.6 Å². The summed E-state index contributed by atoms with van der Waals surface area (Å²) < 4.78 is 68.5. The number of ether oxygens (including phenoxy) is 4. The maximum absolute atomic E-state index is 13.1. The lowest BCUT2D eigenvalue weighted by Gasteiger charge is -2.21. The van der Waals surface area contributed by atoms with E-state index in [-0.39, 0.29) is 25.7 Å². The highest BCUT2D eigenvalue weighted by atomic mass is 31.2. The fraction of sp³-hybridized carbons (Fsp3) is 0.949. The van der Waals surface area contributed by atoms with Crippen LogP contribution in [0.4, 0.5) is 0 Å². The molecule has 0 saturated heterocycles. The SMILES string of the molecule is CCC(C)CCCCCCCCC(=O)OC[C@H](COP(=O)(O)OC[C@H](O)COP(=O)(O)OC[C@@H](COC(=O)CCCCCCCCCCCCCCCCCCCCC(C)C)OC(=O)CCCCCCCCCCCCCCC(C)C)OC(=O)CCCCCCCCCCC(C)C. The first-order chi connectivity index (χ1) is 46.6. The zero-order chi connectivity index (χ0) is 71.7. The first-order valence-corrected chi connectivity index (χ1v) is 43.2. The highest BCUT2D eigenvalue weighted by Crippen LogP contribution is 2.45. The summed E-state index contributed by atoms with van der Waals surface area (Å²) in [6, 6.07) is 0. The average Bonchev–Trinajstić information content (AvgIpc) is 1.08. The summed E-state index contributed by atoms with van der Waals surface area (Å²) in [4.78, 5) is 72.8. The van der Waals surface area contributed by atoms with Crippen molar-refractivity contribution in [3.05, 3.63) is 0 Å². The van der Waals surface area contributed by atoms with Gasteiger partial charge in [0.1, 0.15) is 19.3 Å². The van der Waals surface area contributed by atoms with Crippen LogP contribution in [-0.4, -0.2) is 96.7 Å². The Bertz CT molecular complexity index is 1900. The zero-order valence-electron chi connectivity index (χ0n) is 63.7. The molecule has 0 aromatic rings. The van der Waals surface area contributed by atoms with Crippen molar-refractivity contribution >= 4 is 39.5 Å².